The third-order valence-electron chi connectivity index (χ3n) is 7.11. The van der Waals surface area contributed by atoms with Crippen LogP contribution in [0.5, 0.6) is 0 Å². The quantitative estimate of drug-likeness (QED) is 0.360. The maximum Gasteiger partial charge on any atom is 0.303 e. The summed E-state index contributed by atoms with van der Waals surface area (Å²) < 4.78 is 13.3. The molecule has 0 saturated carbocycles. The van der Waals surface area contributed by atoms with Crippen LogP contribution >= 0.6 is 0 Å². The van der Waals surface area contributed by atoms with E-state index in [-0.39, 0.29) is 6.42 Å². The lowest BCUT2D eigenvalue weighted by Gasteiger charge is -2.32. The second-order valence-corrected chi connectivity index (χ2v) is 9.46. The van der Waals surface area contributed by atoms with E-state index in [0.29, 0.717) is 32.2 Å². The molecule has 3 aromatic rings. The fourth-order valence-electron chi connectivity index (χ4n) is 5.08. The smallest absolute Gasteiger partial charge is 0.303 e. The molecule has 1 aromatic heterocycles. The van der Waals surface area contributed by atoms with Crippen LogP contribution in [0.3, 0.4) is 0 Å². The number of para-hydroxylation sites is 1. The summed E-state index contributed by atoms with van der Waals surface area (Å²) in [6.07, 6.45) is 4.17. The van der Waals surface area contributed by atoms with Gasteiger partial charge in [0.25, 0.3) is 0 Å². The zero-order chi connectivity index (χ0) is 24.5. The van der Waals surface area contributed by atoms with Gasteiger partial charge in [-0.25, -0.2) is 0 Å². The number of aryl methyl sites for hydroxylation is 1. The largest absolute Gasteiger partial charge is 0.481 e. The molecule has 6 nitrogen and oxygen atoms in total. The van der Waals surface area contributed by atoms with Crippen molar-refractivity contribution in [1.82, 2.24) is 9.47 Å². The van der Waals surface area contributed by atoms with Crippen LogP contribution in [0.15, 0.2) is 54.6 Å². The predicted octanol–water partition coefficient (Wildman–Crippen LogP) is 4.74. The van der Waals surface area contributed by atoms with Crippen molar-refractivity contribution in [2.24, 2.45) is 0 Å². The van der Waals surface area contributed by atoms with E-state index in [0.717, 1.165) is 38.2 Å². The Kier molecular flexibility index (Phi) is 9.35. The lowest BCUT2D eigenvalue weighted by molar-refractivity contribution is -0.136. The molecule has 2 heterocycles. The number of methoxy groups -OCH3 is 1. The summed E-state index contributed by atoms with van der Waals surface area (Å²) in [5, 5.41) is 10.2. The Labute approximate surface area is 208 Å². The maximum atomic E-state index is 10.8. The van der Waals surface area contributed by atoms with E-state index in [1.54, 1.807) is 7.11 Å². The van der Waals surface area contributed by atoms with Crippen LogP contribution in [0.4, 0.5) is 0 Å². The standard InChI is InChI=1S/C29H38N2O4/c1-34-20-21-35-19-18-31-27-5-3-2-4-26(27)22-28(31)25-13-16-30(17-14-25)15-12-24-8-6-23(7-9-24)10-11-29(32)33/h2-9,22,25H,10-21H2,1H3,(H,32,33). The molecule has 0 radical (unpaired) electrons. The van der Waals surface area contributed by atoms with Gasteiger partial charge in [-0.3, -0.25) is 4.79 Å². The number of carboxylic acid groups (broad SMARTS) is 1. The first-order valence-electron chi connectivity index (χ1n) is 12.8. The number of benzene rings is 2. The van der Waals surface area contributed by atoms with Crippen molar-refractivity contribution in [1.29, 1.82) is 0 Å². The van der Waals surface area contributed by atoms with E-state index in [4.69, 9.17) is 14.6 Å². The molecule has 35 heavy (non-hydrogen) atoms. The van der Waals surface area contributed by atoms with E-state index in [9.17, 15) is 4.79 Å². The Bertz CT molecular complexity index is 1070. The van der Waals surface area contributed by atoms with Crippen molar-refractivity contribution in [3.8, 4) is 0 Å². The number of ether oxygens (including phenoxy) is 2. The Morgan fingerprint density at radius 3 is 2.37 bits per heavy atom. The van der Waals surface area contributed by atoms with Crippen LogP contribution in [0.2, 0.25) is 0 Å². The minimum atomic E-state index is -0.742. The molecule has 0 aliphatic carbocycles. The molecule has 0 spiro atoms. The van der Waals surface area contributed by atoms with Gasteiger partial charge in [-0.15, -0.1) is 0 Å². The van der Waals surface area contributed by atoms with Crippen LogP contribution in [0.1, 0.15) is 42.0 Å². The first kappa shape index (κ1) is 25.4. The summed E-state index contributed by atoms with van der Waals surface area (Å²) in [6.45, 7) is 6.14. The normalized spacial score (nSPS) is 15.1. The summed E-state index contributed by atoms with van der Waals surface area (Å²) in [5.41, 5.74) is 5.15. The Hall–Kier alpha value is -2.67. The molecule has 1 aliphatic rings. The van der Waals surface area contributed by atoms with Gasteiger partial charge < -0.3 is 24.0 Å². The molecule has 6 heteroatoms. The predicted molar refractivity (Wildman–Crippen MR) is 139 cm³/mol. The monoisotopic (exact) mass is 478 g/mol. The number of hydrogen-bond donors (Lipinski definition) is 1. The van der Waals surface area contributed by atoms with Crippen LogP contribution < -0.4 is 0 Å². The summed E-state index contributed by atoms with van der Waals surface area (Å²) in [5.74, 6) is -0.167. The van der Waals surface area contributed by atoms with Gasteiger partial charge in [0.2, 0.25) is 0 Å². The highest BCUT2D eigenvalue weighted by atomic mass is 16.5. The molecular formula is C29H38N2O4. The zero-order valence-electron chi connectivity index (χ0n) is 20.8. The van der Waals surface area contributed by atoms with Crippen molar-refractivity contribution in [3.63, 3.8) is 0 Å². The summed E-state index contributed by atoms with van der Waals surface area (Å²) >= 11 is 0. The molecule has 1 fully saturated rings. The number of carbonyl (C=O) groups is 1. The Morgan fingerprint density at radius 1 is 0.943 bits per heavy atom. The number of likely N-dealkylation sites (tertiary alicyclic amines) is 1. The molecule has 1 N–H and O–H groups in total. The fraction of sp³-hybridized carbons (Fsp3) is 0.483. The van der Waals surface area contributed by atoms with E-state index in [2.05, 4.69) is 64.1 Å². The molecule has 188 valence electrons. The first-order chi connectivity index (χ1) is 17.1. The number of fused-ring (bicyclic) bond motifs is 1. The highest BCUT2D eigenvalue weighted by molar-refractivity contribution is 5.81. The third-order valence-corrected chi connectivity index (χ3v) is 7.11. The second kappa shape index (κ2) is 12.9. The average molecular weight is 479 g/mol. The maximum absolute atomic E-state index is 10.8. The van der Waals surface area contributed by atoms with Gasteiger partial charge in [-0.2, -0.15) is 0 Å². The number of carboxylic acids is 1. The highest BCUT2D eigenvalue weighted by Gasteiger charge is 2.24. The van der Waals surface area contributed by atoms with Crippen molar-refractivity contribution in [3.05, 3.63) is 71.4 Å². The third kappa shape index (κ3) is 7.17. The van der Waals surface area contributed by atoms with E-state index >= 15 is 0 Å². The van der Waals surface area contributed by atoms with Gasteiger partial charge in [-0.05, 0) is 67.4 Å². The van der Waals surface area contributed by atoms with Crippen molar-refractivity contribution < 1.29 is 19.4 Å². The van der Waals surface area contributed by atoms with E-state index in [1.165, 1.54) is 35.0 Å². The molecule has 0 bridgehead atoms. The van der Waals surface area contributed by atoms with Crippen LogP contribution in [0.25, 0.3) is 10.9 Å². The fourth-order valence-corrected chi connectivity index (χ4v) is 5.08. The number of hydrogen-bond acceptors (Lipinski definition) is 4. The second-order valence-electron chi connectivity index (χ2n) is 9.46. The lowest BCUT2D eigenvalue weighted by Crippen LogP contribution is -2.35. The van der Waals surface area contributed by atoms with Crippen LogP contribution in [0, 0.1) is 0 Å². The van der Waals surface area contributed by atoms with Crippen molar-refractivity contribution in [2.45, 2.75) is 44.6 Å². The molecule has 0 atom stereocenters. The summed E-state index contributed by atoms with van der Waals surface area (Å²) in [7, 11) is 1.70. The Morgan fingerprint density at radius 2 is 1.66 bits per heavy atom. The molecule has 0 amide bonds. The molecular weight excluding hydrogens is 440 g/mol. The number of aromatic nitrogens is 1. The minimum absolute atomic E-state index is 0.189. The molecule has 0 unspecified atom stereocenters. The minimum Gasteiger partial charge on any atom is -0.481 e. The van der Waals surface area contributed by atoms with Crippen LogP contribution in [-0.4, -0.2) is 67.1 Å². The van der Waals surface area contributed by atoms with Gasteiger partial charge in [-0.1, -0.05) is 42.5 Å². The van der Waals surface area contributed by atoms with Gasteiger partial charge in [0, 0.05) is 43.7 Å². The first-order valence-corrected chi connectivity index (χ1v) is 12.8. The number of aliphatic carboxylic acids is 1. The molecule has 1 saturated heterocycles. The van der Waals surface area contributed by atoms with Crippen molar-refractivity contribution >= 4 is 16.9 Å². The zero-order valence-corrected chi connectivity index (χ0v) is 20.8. The van der Waals surface area contributed by atoms with Gasteiger partial charge in [0.15, 0.2) is 0 Å². The molecule has 4 rings (SSSR count). The van der Waals surface area contributed by atoms with E-state index in [1.807, 2.05) is 0 Å². The lowest BCUT2D eigenvalue weighted by atomic mass is 9.93. The van der Waals surface area contributed by atoms with Crippen molar-refractivity contribution in [2.75, 3.05) is 46.6 Å². The average Bonchev–Trinajstić information content (AvgIpc) is 3.25. The summed E-state index contributed by atoms with van der Waals surface area (Å²) in [4.78, 5) is 13.3. The van der Waals surface area contributed by atoms with Gasteiger partial charge in [0.05, 0.1) is 19.8 Å². The topological polar surface area (TPSA) is 63.9 Å². The van der Waals surface area contributed by atoms with Gasteiger partial charge in [0.1, 0.15) is 0 Å². The number of nitrogens with zero attached hydrogens (tertiary/aromatic N) is 2. The Balaban J connectivity index is 1.30. The molecule has 1 aliphatic heterocycles. The highest BCUT2D eigenvalue weighted by Crippen LogP contribution is 2.32. The number of piperidine rings is 1. The molecule has 2 aromatic carbocycles. The van der Waals surface area contributed by atoms with Crippen LogP contribution in [-0.2, 0) is 33.7 Å². The van der Waals surface area contributed by atoms with Gasteiger partial charge >= 0.3 is 5.97 Å². The van der Waals surface area contributed by atoms with E-state index < -0.39 is 5.97 Å². The number of rotatable bonds is 13. The SMILES string of the molecule is COCCOCCn1c(C2CCN(CCc3ccc(CCC(=O)O)cc3)CC2)cc2ccccc21. The summed E-state index contributed by atoms with van der Waals surface area (Å²) in [6, 6.07) is 19.5.